The first-order chi connectivity index (χ1) is 18.3. The lowest BCUT2D eigenvalue weighted by Gasteiger charge is -2.34. The van der Waals surface area contributed by atoms with Crippen LogP contribution in [-0.4, -0.2) is 59.3 Å². The highest BCUT2D eigenvalue weighted by atomic mass is 32.2. The average Bonchev–Trinajstić information content (AvgIpc) is 2.97. The number of carbonyl (C=O) groups excluding carboxylic acids is 1. The first kappa shape index (κ1) is 25.8. The number of carbonyl (C=O) groups is 1. The molecule has 196 valence electrons. The van der Waals surface area contributed by atoms with Gasteiger partial charge in [-0.3, -0.25) is 14.2 Å². The molecule has 5 rings (SSSR count). The first-order valence-corrected chi connectivity index (χ1v) is 14.2. The van der Waals surface area contributed by atoms with Crippen molar-refractivity contribution in [3.05, 3.63) is 101 Å². The Bertz CT molecular complexity index is 1620. The minimum Gasteiger partial charge on any atom is -0.336 e. The Hall–Kier alpha value is -3.82. The largest absolute Gasteiger partial charge is 0.336 e. The Kier molecular flexibility index (Phi) is 7.14. The molecule has 0 saturated carbocycles. The smallest absolute Gasteiger partial charge is 0.265 e. The van der Waals surface area contributed by atoms with Crippen molar-refractivity contribution in [2.75, 3.05) is 26.2 Å². The van der Waals surface area contributed by atoms with Crippen LogP contribution in [0.4, 0.5) is 0 Å². The Balaban J connectivity index is 1.25. The van der Waals surface area contributed by atoms with Gasteiger partial charge in [0, 0.05) is 31.7 Å². The highest BCUT2D eigenvalue weighted by Gasteiger charge is 2.30. The Morgan fingerprint density at radius 1 is 0.921 bits per heavy atom. The van der Waals surface area contributed by atoms with Gasteiger partial charge in [-0.2, -0.15) is 4.31 Å². The van der Waals surface area contributed by atoms with Crippen molar-refractivity contribution >= 4 is 26.8 Å². The summed E-state index contributed by atoms with van der Waals surface area (Å²) >= 11 is 0. The molecule has 38 heavy (non-hydrogen) atoms. The molecule has 0 unspecified atom stereocenters. The second kappa shape index (κ2) is 10.5. The summed E-state index contributed by atoms with van der Waals surface area (Å²) in [6.45, 7) is 5.30. The number of fused-ring (bicyclic) bond motifs is 1. The normalized spacial score (nSPS) is 15.5. The fourth-order valence-corrected chi connectivity index (χ4v) is 6.11. The van der Waals surface area contributed by atoms with Crippen molar-refractivity contribution in [2.45, 2.75) is 31.1 Å². The molecule has 1 aliphatic rings. The molecule has 1 aliphatic heterocycles. The molecule has 0 N–H and O–H groups in total. The summed E-state index contributed by atoms with van der Waals surface area (Å²) in [6.07, 6.45) is 2.48. The van der Waals surface area contributed by atoms with Crippen LogP contribution in [0.5, 0.6) is 0 Å². The molecule has 1 atom stereocenters. The van der Waals surface area contributed by atoms with E-state index in [9.17, 15) is 18.0 Å². The lowest BCUT2D eigenvalue weighted by atomic mass is 9.99. The summed E-state index contributed by atoms with van der Waals surface area (Å²) in [6, 6.07) is 21.1. The van der Waals surface area contributed by atoms with E-state index >= 15 is 0 Å². The van der Waals surface area contributed by atoms with Crippen LogP contribution in [0.1, 0.15) is 42.1 Å². The number of rotatable bonds is 6. The molecule has 8 nitrogen and oxygen atoms in total. The maximum absolute atomic E-state index is 13.2. The fraction of sp³-hybridized carbons (Fsp3) is 0.276. The van der Waals surface area contributed by atoms with Crippen LogP contribution in [0.2, 0.25) is 0 Å². The first-order valence-electron chi connectivity index (χ1n) is 12.8. The van der Waals surface area contributed by atoms with Gasteiger partial charge in [-0.05, 0) is 66.4 Å². The number of amides is 1. The predicted molar refractivity (Wildman–Crippen MR) is 147 cm³/mol. The Labute approximate surface area is 222 Å². The number of benzene rings is 3. The van der Waals surface area contributed by atoms with E-state index in [0.717, 1.165) is 12.0 Å². The molecule has 0 radical (unpaired) electrons. The SMILES string of the molecule is CC[C@H](C)c1ccc(S(=O)(=O)N2CCN(C(=O)c3ccc(-n4cnc5ccccc5c4=O)cc3)CC2)cc1. The van der Waals surface area contributed by atoms with Crippen LogP contribution in [0.15, 0.2) is 88.8 Å². The lowest BCUT2D eigenvalue weighted by molar-refractivity contribution is 0.0698. The molecule has 2 heterocycles. The van der Waals surface area contributed by atoms with Crippen molar-refractivity contribution in [1.29, 1.82) is 0 Å². The minimum atomic E-state index is -3.62. The second-order valence-electron chi connectivity index (χ2n) is 9.56. The van der Waals surface area contributed by atoms with Gasteiger partial charge in [0.2, 0.25) is 10.0 Å². The molecule has 1 saturated heterocycles. The van der Waals surface area contributed by atoms with Crippen LogP contribution in [0.25, 0.3) is 16.6 Å². The summed E-state index contributed by atoms with van der Waals surface area (Å²) in [7, 11) is -3.62. The van der Waals surface area contributed by atoms with Gasteiger partial charge in [0.1, 0.15) is 6.33 Å². The maximum atomic E-state index is 13.2. The number of hydrogen-bond acceptors (Lipinski definition) is 5. The molecule has 9 heteroatoms. The zero-order valence-electron chi connectivity index (χ0n) is 21.4. The van der Waals surface area contributed by atoms with Crippen LogP contribution in [0.3, 0.4) is 0 Å². The molecule has 4 aromatic rings. The molecule has 1 aromatic heterocycles. The second-order valence-corrected chi connectivity index (χ2v) is 11.5. The molecule has 0 aliphatic carbocycles. The van der Waals surface area contributed by atoms with Crippen molar-refractivity contribution in [1.82, 2.24) is 18.8 Å². The van der Waals surface area contributed by atoms with Crippen molar-refractivity contribution < 1.29 is 13.2 Å². The zero-order chi connectivity index (χ0) is 26.9. The Morgan fingerprint density at radius 3 is 2.24 bits per heavy atom. The summed E-state index contributed by atoms with van der Waals surface area (Å²) < 4.78 is 29.2. The number of para-hydroxylation sites is 1. The van der Waals surface area contributed by atoms with Gasteiger partial charge in [0.15, 0.2) is 0 Å². The fourth-order valence-electron chi connectivity index (χ4n) is 4.68. The quantitative estimate of drug-likeness (QED) is 0.375. The average molecular weight is 531 g/mol. The van der Waals surface area contributed by atoms with Crippen LogP contribution in [0, 0.1) is 0 Å². The van der Waals surface area contributed by atoms with Crippen LogP contribution >= 0.6 is 0 Å². The van der Waals surface area contributed by atoms with E-state index < -0.39 is 10.0 Å². The molecule has 1 fully saturated rings. The van der Waals surface area contributed by atoms with Gasteiger partial charge < -0.3 is 4.90 Å². The summed E-state index contributed by atoms with van der Waals surface area (Å²) in [5, 5.41) is 0.523. The summed E-state index contributed by atoms with van der Waals surface area (Å²) in [5.41, 5.74) is 2.66. The number of nitrogens with zero attached hydrogens (tertiary/aromatic N) is 4. The molecular weight excluding hydrogens is 500 g/mol. The number of sulfonamides is 1. The number of aromatic nitrogens is 2. The highest BCUT2D eigenvalue weighted by Crippen LogP contribution is 2.23. The highest BCUT2D eigenvalue weighted by molar-refractivity contribution is 7.89. The van der Waals surface area contributed by atoms with Gasteiger partial charge in [0.05, 0.1) is 21.5 Å². The van der Waals surface area contributed by atoms with E-state index in [1.807, 2.05) is 18.2 Å². The zero-order valence-corrected chi connectivity index (χ0v) is 22.3. The number of piperazine rings is 1. The standard InChI is InChI=1S/C29H30N4O4S/c1-3-21(2)22-10-14-25(15-11-22)38(36,37)32-18-16-31(17-19-32)28(34)23-8-12-24(13-9-23)33-20-30-27-7-5-4-6-26(27)29(33)35/h4-15,20-21H,3,16-19H2,1-2H3/t21-/m0/s1. The molecular formula is C29H30N4O4S. The van der Waals surface area contributed by atoms with Crippen LogP contribution < -0.4 is 5.56 Å². The van der Waals surface area contributed by atoms with Crippen molar-refractivity contribution in [3.63, 3.8) is 0 Å². The Morgan fingerprint density at radius 2 is 1.58 bits per heavy atom. The topological polar surface area (TPSA) is 92.6 Å². The minimum absolute atomic E-state index is 0.171. The lowest BCUT2D eigenvalue weighted by Crippen LogP contribution is -2.50. The summed E-state index contributed by atoms with van der Waals surface area (Å²) in [5.74, 6) is 0.205. The third-order valence-electron chi connectivity index (χ3n) is 7.28. The van der Waals surface area contributed by atoms with Crippen molar-refractivity contribution in [2.24, 2.45) is 0 Å². The molecule has 1 amide bonds. The van der Waals surface area contributed by atoms with E-state index in [0.29, 0.717) is 41.2 Å². The third-order valence-corrected chi connectivity index (χ3v) is 9.20. The summed E-state index contributed by atoms with van der Waals surface area (Å²) in [4.78, 5) is 32.3. The monoisotopic (exact) mass is 530 g/mol. The third kappa shape index (κ3) is 4.87. The van der Waals surface area contributed by atoms with Gasteiger partial charge in [-0.15, -0.1) is 0 Å². The molecule has 3 aromatic carbocycles. The van der Waals surface area contributed by atoms with E-state index in [2.05, 4.69) is 18.8 Å². The van der Waals surface area contributed by atoms with Gasteiger partial charge >= 0.3 is 0 Å². The maximum Gasteiger partial charge on any atom is 0.265 e. The van der Waals surface area contributed by atoms with E-state index in [-0.39, 0.29) is 29.5 Å². The van der Waals surface area contributed by atoms with Gasteiger partial charge in [-0.1, -0.05) is 38.1 Å². The number of hydrogen-bond donors (Lipinski definition) is 0. The predicted octanol–water partition coefficient (Wildman–Crippen LogP) is 4.05. The van der Waals surface area contributed by atoms with E-state index in [4.69, 9.17) is 0 Å². The van der Waals surface area contributed by atoms with Crippen LogP contribution in [-0.2, 0) is 10.0 Å². The molecule has 0 bridgehead atoms. The van der Waals surface area contributed by atoms with E-state index in [1.54, 1.807) is 59.5 Å². The van der Waals surface area contributed by atoms with Crippen molar-refractivity contribution in [3.8, 4) is 5.69 Å². The van der Waals surface area contributed by atoms with Gasteiger partial charge in [0.25, 0.3) is 11.5 Å². The van der Waals surface area contributed by atoms with Gasteiger partial charge in [-0.25, -0.2) is 13.4 Å². The molecule has 0 spiro atoms. The van der Waals surface area contributed by atoms with E-state index in [1.165, 1.54) is 15.2 Å².